The first-order chi connectivity index (χ1) is 14.2. The third-order valence-electron chi connectivity index (χ3n) is 5.57. The molecule has 0 spiro atoms. The van der Waals surface area contributed by atoms with E-state index in [1.165, 1.54) is 12.8 Å². The van der Waals surface area contributed by atoms with Gasteiger partial charge in [-0.15, -0.1) is 0 Å². The molecule has 1 fully saturated rings. The Kier molecular flexibility index (Phi) is 4.75. The van der Waals surface area contributed by atoms with E-state index in [0.29, 0.717) is 13.0 Å². The molecule has 0 bridgehead atoms. The fraction of sp³-hybridized carbons (Fsp3) is 0.364. The minimum Gasteiger partial charge on any atom is -0.497 e. The Hall–Kier alpha value is -2.80. The van der Waals surface area contributed by atoms with Crippen molar-refractivity contribution >= 4 is 38.3 Å². The van der Waals surface area contributed by atoms with Gasteiger partial charge >= 0.3 is 0 Å². The van der Waals surface area contributed by atoms with Crippen LogP contribution < -0.4 is 19.7 Å². The van der Waals surface area contributed by atoms with Gasteiger partial charge in [-0.25, -0.2) is 4.98 Å². The molecule has 7 heteroatoms. The molecule has 6 nitrogen and oxygen atoms in total. The van der Waals surface area contributed by atoms with Crippen molar-refractivity contribution < 1.29 is 14.3 Å². The number of anilines is 2. The molecule has 2 aromatic carbocycles. The highest BCUT2D eigenvalue weighted by atomic mass is 32.1. The van der Waals surface area contributed by atoms with Crippen LogP contribution >= 0.6 is 11.3 Å². The second-order valence-corrected chi connectivity index (χ2v) is 8.56. The smallest absolute Gasteiger partial charge is 0.231 e. The number of carbonyl (C=O) groups is 1. The van der Waals surface area contributed by atoms with Gasteiger partial charge in [-0.2, -0.15) is 0 Å². The minimum atomic E-state index is -0.230. The Morgan fingerprint density at radius 2 is 2.10 bits per heavy atom. The van der Waals surface area contributed by atoms with Crippen LogP contribution in [0.25, 0.3) is 10.2 Å². The van der Waals surface area contributed by atoms with Crippen molar-refractivity contribution in [3.8, 4) is 11.5 Å². The van der Waals surface area contributed by atoms with Crippen LogP contribution in [0.15, 0.2) is 36.4 Å². The highest BCUT2D eigenvalue weighted by Gasteiger charge is 2.26. The fourth-order valence-corrected chi connectivity index (χ4v) is 5.00. The van der Waals surface area contributed by atoms with Gasteiger partial charge in [0, 0.05) is 18.8 Å². The maximum Gasteiger partial charge on any atom is 0.231 e. The largest absolute Gasteiger partial charge is 0.497 e. The number of hydrogen-bond acceptors (Lipinski definition) is 6. The molecule has 29 heavy (non-hydrogen) atoms. The summed E-state index contributed by atoms with van der Waals surface area (Å²) in [6, 6.07) is 11.6. The highest BCUT2D eigenvalue weighted by molar-refractivity contribution is 7.22. The van der Waals surface area contributed by atoms with Crippen molar-refractivity contribution in [2.75, 3.05) is 37.0 Å². The monoisotopic (exact) mass is 409 g/mol. The lowest BCUT2D eigenvalue weighted by Gasteiger charge is -2.25. The van der Waals surface area contributed by atoms with E-state index in [1.54, 1.807) is 18.4 Å². The minimum absolute atomic E-state index is 0.0258. The normalized spacial score (nSPS) is 18.4. The maximum atomic E-state index is 12.8. The number of nitrogens with one attached hydrogen (secondary N) is 1. The first kappa shape index (κ1) is 18.2. The SMILES string of the molecule is COc1ccc2c(c1)CC(C(=O)Nc1ccc3nc(N4CCCC4)sc3c1)CO2. The molecule has 2 aliphatic heterocycles. The summed E-state index contributed by atoms with van der Waals surface area (Å²) in [5, 5.41) is 4.13. The van der Waals surface area contributed by atoms with Gasteiger partial charge in [0.25, 0.3) is 0 Å². The number of aromatic nitrogens is 1. The highest BCUT2D eigenvalue weighted by Crippen LogP contribution is 2.34. The predicted octanol–water partition coefficient (Wildman–Crippen LogP) is 4.09. The van der Waals surface area contributed by atoms with Crippen LogP contribution in [0.3, 0.4) is 0 Å². The summed E-state index contributed by atoms with van der Waals surface area (Å²) < 4.78 is 12.2. The third kappa shape index (κ3) is 3.62. The lowest BCUT2D eigenvalue weighted by atomic mass is 9.95. The van der Waals surface area contributed by atoms with Gasteiger partial charge in [-0.3, -0.25) is 4.79 Å². The number of thiazole rings is 1. The van der Waals surface area contributed by atoms with Gasteiger partial charge in [-0.05, 0) is 61.2 Å². The Morgan fingerprint density at radius 3 is 2.93 bits per heavy atom. The van der Waals surface area contributed by atoms with Crippen LogP contribution in [0.1, 0.15) is 18.4 Å². The molecule has 0 aliphatic carbocycles. The van der Waals surface area contributed by atoms with Crippen molar-refractivity contribution in [2.45, 2.75) is 19.3 Å². The number of nitrogens with zero attached hydrogens (tertiary/aromatic N) is 2. The standard InChI is InChI=1S/C22H23N3O3S/c1-27-17-5-7-19-14(11-17)10-15(13-28-19)21(26)23-16-4-6-18-20(12-16)29-22(24-18)25-8-2-3-9-25/h4-7,11-12,15H,2-3,8-10,13H2,1H3,(H,23,26). The Bertz CT molecular complexity index is 1060. The number of hydrogen-bond donors (Lipinski definition) is 1. The van der Waals surface area contributed by atoms with Crippen LogP contribution in [0, 0.1) is 5.92 Å². The quantitative estimate of drug-likeness (QED) is 0.703. The number of benzene rings is 2. The molecular weight excluding hydrogens is 386 g/mol. The second-order valence-electron chi connectivity index (χ2n) is 7.55. The Labute approximate surface area is 173 Å². The topological polar surface area (TPSA) is 63.7 Å². The van der Waals surface area contributed by atoms with Crippen molar-refractivity contribution in [1.82, 2.24) is 4.98 Å². The average molecular weight is 410 g/mol. The zero-order chi connectivity index (χ0) is 19.8. The predicted molar refractivity (Wildman–Crippen MR) is 115 cm³/mol. The van der Waals surface area contributed by atoms with E-state index in [4.69, 9.17) is 14.5 Å². The second kappa shape index (κ2) is 7.55. The van der Waals surface area contributed by atoms with Crippen molar-refractivity contribution in [1.29, 1.82) is 0 Å². The van der Waals surface area contributed by atoms with Crippen LogP contribution in [0.2, 0.25) is 0 Å². The summed E-state index contributed by atoms with van der Waals surface area (Å²) in [6.07, 6.45) is 3.10. The maximum absolute atomic E-state index is 12.8. The molecule has 3 heterocycles. The molecule has 2 aliphatic rings. The summed E-state index contributed by atoms with van der Waals surface area (Å²) in [6.45, 7) is 2.54. The van der Waals surface area contributed by atoms with Gasteiger partial charge in [-0.1, -0.05) is 11.3 Å². The van der Waals surface area contributed by atoms with E-state index in [9.17, 15) is 4.79 Å². The van der Waals surface area contributed by atoms with Gasteiger partial charge in [0.15, 0.2) is 5.13 Å². The number of methoxy groups -OCH3 is 1. The van der Waals surface area contributed by atoms with Crippen LogP contribution in [-0.2, 0) is 11.2 Å². The summed E-state index contributed by atoms with van der Waals surface area (Å²) in [5.41, 5.74) is 2.79. The summed E-state index contributed by atoms with van der Waals surface area (Å²) in [7, 11) is 1.64. The molecular formula is C22H23N3O3S. The molecule has 3 aromatic rings. The van der Waals surface area contributed by atoms with Gasteiger partial charge < -0.3 is 19.7 Å². The van der Waals surface area contributed by atoms with Crippen molar-refractivity contribution in [3.05, 3.63) is 42.0 Å². The number of ether oxygens (including phenoxy) is 2. The number of fused-ring (bicyclic) bond motifs is 2. The molecule has 1 amide bonds. The van der Waals surface area contributed by atoms with Crippen LogP contribution in [0.4, 0.5) is 10.8 Å². The van der Waals surface area contributed by atoms with Gasteiger partial charge in [0.05, 0.1) is 23.2 Å². The zero-order valence-electron chi connectivity index (χ0n) is 16.3. The Balaban J connectivity index is 1.30. The van der Waals surface area contributed by atoms with Crippen molar-refractivity contribution in [3.63, 3.8) is 0 Å². The molecule has 1 atom stereocenters. The fourth-order valence-electron chi connectivity index (χ4n) is 3.94. The third-order valence-corrected chi connectivity index (χ3v) is 6.65. The van der Waals surface area contributed by atoms with Crippen molar-refractivity contribution in [2.24, 2.45) is 5.92 Å². The molecule has 1 aromatic heterocycles. The van der Waals surface area contributed by atoms with E-state index < -0.39 is 0 Å². The van der Waals surface area contributed by atoms with Gasteiger partial charge in [0.2, 0.25) is 5.91 Å². The van der Waals surface area contributed by atoms with E-state index in [1.807, 2.05) is 36.4 Å². The first-order valence-electron chi connectivity index (χ1n) is 9.96. The molecule has 150 valence electrons. The molecule has 1 N–H and O–H groups in total. The van der Waals surface area contributed by atoms with E-state index in [0.717, 1.165) is 51.2 Å². The van der Waals surface area contributed by atoms with E-state index in [2.05, 4.69) is 10.2 Å². The molecule has 1 unspecified atom stereocenters. The molecule has 5 rings (SSSR count). The lowest BCUT2D eigenvalue weighted by Crippen LogP contribution is -2.32. The summed E-state index contributed by atoms with van der Waals surface area (Å²) in [4.78, 5) is 19.9. The number of carbonyl (C=O) groups excluding carboxylic acids is 1. The lowest BCUT2D eigenvalue weighted by molar-refractivity contribution is -0.121. The average Bonchev–Trinajstić information content (AvgIpc) is 3.42. The molecule has 0 radical (unpaired) electrons. The van der Waals surface area contributed by atoms with E-state index in [-0.39, 0.29) is 11.8 Å². The van der Waals surface area contributed by atoms with Gasteiger partial charge in [0.1, 0.15) is 18.1 Å². The van der Waals surface area contributed by atoms with E-state index >= 15 is 0 Å². The molecule has 0 saturated carbocycles. The molecule has 1 saturated heterocycles. The zero-order valence-corrected chi connectivity index (χ0v) is 17.1. The van der Waals surface area contributed by atoms with Crippen LogP contribution in [-0.4, -0.2) is 37.7 Å². The number of rotatable bonds is 4. The Morgan fingerprint density at radius 1 is 1.24 bits per heavy atom. The first-order valence-corrected chi connectivity index (χ1v) is 10.8. The van der Waals surface area contributed by atoms with Crippen LogP contribution in [0.5, 0.6) is 11.5 Å². The number of amides is 1. The summed E-state index contributed by atoms with van der Waals surface area (Å²) in [5.74, 6) is 1.35. The summed E-state index contributed by atoms with van der Waals surface area (Å²) >= 11 is 1.69.